The Balaban J connectivity index is 3.03. The largest absolute Gasteiger partial charge is 0.397 e. The second-order valence-corrected chi connectivity index (χ2v) is 4.16. The zero-order chi connectivity index (χ0) is 7.56. The van der Waals surface area contributed by atoms with Crippen LogP contribution in [-0.4, -0.2) is 0 Å². The molecule has 0 radical (unpaired) electrons. The maximum atomic E-state index is 5.62. The summed E-state index contributed by atoms with van der Waals surface area (Å²) >= 11 is 6.41. The van der Waals surface area contributed by atoms with Crippen LogP contribution in [0.4, 0.5) is 11.4 Å². The van der Waals surface area contributed by atoms with Crippen molar-refractivity contribution in [1.29, 1.82) is 0 Å². The maximum Gasteiger partial charge on any atom is 0.0824 e. The van der Waals surface area contributed by atoms with Gasteiger partial charge in [-0.15, -0.1) is 0 Å². The molecule has 0 fully saturated rings. The molecule has 0 aliphatic carbocycles. The van der Waals surface area contributed by atoms with E-state index in [4.69, 9.17) is 5.73 Å². The minimum absolute atomic E-state index is 0.733. The van der Waals surface area contributed by atoms with Gasteiger partial charge in [-0.05, 0) is 12.1 Å². The standard InChI is InChI=1S/C6H6Br2N2/c7-10(8)6-4-2-1-3-5(6)9/h1-4H,9H2. The van der Waals surface area contributed by atoms with Crippen LogP contribution in [-0.2, 0) is 0 Å². The Bertz CT molecular complexity index is 225. The van der Waals surface area contributed by atoms with Gasteiger partial charge >= 0.3 is 0 Å². The first kappa shape index (κ1) is 7.88. The first-order valence-electron chi connectivity index (χ1n) is 2.68. The molecule has 54 valence electrons. The molecule has 0 saturated heterocycles. The molecule has 0 saturated carbocycles. The predicted molar refractivity (Wildman–Crippen MR) is 51.2 cm³/mol. The van der Waals surface area contributed by atoms with Crippen LogP contribution in [0.25, 0.3) is 0 Å². The fourth-order valence-electron chi connectivity index (χ4n) is 0.641. The number of hydrogen-bond donors (Lipinski definition) is 1. The summed E-state index contributed by atoms with van der Waals surface area (Å²) in [5.74, 6) is 0. The predicted octanol–water partition coefficient (Wildman–Crippen LogP) is 2.70. The first-order valence-corrected chi connectivity index (χ1v) is 4.10. The molecule has 1 rings (SSSR count). The molecule has 0 bridgehead atoms. The second kappa shape index (κ2) is 3.25. The Morgan fingerprint density at radius 1 is 1.20 bits per heavy atom. The normalized spacial score (nSPS) is 9.40. The molecule has 4 heteroatoms. The monoisotopic (exact) mass is 264 g/mol. The topological polar surface area (TPSA) is 29.3 Å². The van der Waals surface area contributed by atoms with E-state index in [0.717, 1.165) is 11.4 Å². The molecule has 1 aromatic rings. The Hall–Kier alpha value is -0.220. The molecule has 0 spiro atoms. The Morgan fingerprint density at radius 3 is 2.20 bits per heavy atom. The van der Waals surface area contributed by atoms with Crippen LogP contribution in [0.3, 0.4) is 0 Å². The average Bonchev–Trinajstić information content (AvgIpc) is 1.88. The van der Waals surface area contributed by atoms with Gasteiger partial charge < -0.3 is 5.73 Å². The smallest absolute Gasteiger partial charge is 0.0824 e. The zero-order valence-corrected chi connectivity index (χ0v) is 8.26. The zero-order valence-electron chi connectivity index (χ0n) is 5.09. The lowest BCUT2D eigenvalue weighted by atomic mass is 10.3. The molecule has 0 aliphatic rings. The lowest BCUT2D eigenvalue weighted by Crippen LogP contribution is -1.95. The van der Waals surface area contributed by atoms with Crippen LogP contribution in [0.1, 0.15) is 0 Å². The first-order chi connectivity index (χ1) is 4.72. The van der Waals surface area contributed by atoms with Gasteiger partial charge in [0.05, 0.1) is 43.7 Å². The molecule has 0 amide bonds. The van der Waals surface area contributed by atoms with Gasteiger partial charge in [0, 0.05) is 0 Å². The number of benzene rings is 1. The number of halogens is 2. The number of hydrogen-bond acceptors (Lipinski definition) is 2. The van der Waals surface area contributed by atoms with Gasteiger partial charge in [-0.3, -0.25) is 0 Å². The maximum absolute atomic E-state index is 5.62. The molecule has 0 unspecified atom stereocenters. The Morgan fingerprint density at radius 2 is 1.80 bits per heavy atom. The molecule has 2 nitrogen and oxygen atoms in total. The summed E-state index contributed by atoms with van der Waals surface area (Å²) in [6.07, 6.45) is 0. The summed E-state index contributed by atoms with van der Waals surface area (Å²) in [7, 11) is 0. The van der Waals surface area contributed by atoms with Gasteiger partial charge in [-0.2, -0.15) is 0 Å². The quantitative estimate of drug-likeness (QED) is 0.625. The fourth-order valence-corrected chi connectivity index (χ4v) is 1.29. The van der Waals surface area contributed by atoms with E-state index in [9.17, 15) is 0 Å². The van der Waals surface area contributed by atoms with E-state index in [-0.39, 0.29) is 0 Å². The molecule has 0 aromatic heterocycles. The Kier molecular flexibility index (Phi) is 2.56. The highest BCUT2D eigenvalue weighted by molar-refractivity contribution is 9.25. The summed E-state index contributed by atoms with van der Waals surface area (Å²) in [4.78, 5) is 0. The summed E-state index contributed by atoms with van der Waals surface area (Å²) in [5, 5.41) is 0. The van der Waals surface area contributed by atoms with E-state index in [1.54, 1.807) is 2.95 Å². The van der Waals surface area contributed by atoms with E-state index in [1.807, 2.05) is 24.3 Å². The van der Waals surface area contributed by atoms with Crippen molar-refractivity contribution >= 4 is 43.7 Å². The number of nitrogens with two attached hydrogens (primary N) is 1. The third-order valence-electron chi connectivity index (χ3n) is 1.12. The number of anilines is 2. The number of nitrogen functional groups attached to an aromatic ring is 1. The van der Waals surface area contributed by atoms with Crippen LogP contribution >= 0.6 is 32.3 Å². The molecular weight excluding hydrogens is 260 g/mol. The lowest BCUT2D eigenvalue weighted by molar-refractivity contribution is 1.62. The molecule has 0 heterocycles. The summed E-state index contributed by atoms with van der Waals surface area (Å²) in [5.41, 5.74) is 7.26. The van der Waals surface area contributed by atoms with E-state index in [0.29, 0.717) is 0 Å². The van der Waals surface area contributed by atoms with Crippen molar-refractivity contribution in [3.05, 3.63) is 24.3 Å². The third kappa shape index (κ3) is 1.64. The van der Waals surface area contributed by atoms with Crippen molar-refractivity contribution in [2.45, 2.75) is 0 Å². The van der Waals surface area contributed by atoms with Crippen LogP contribution in [0, 0.1) is 0 Å². The van der Waals surface area contributed by atoms with Crippen molar-refractivity contribution in [1.82, 2.24) is 0 Å². The second-order valence-electron chi connectivity index (χ2n) is 1.79. The highest BCUT2D eigenvalue weighted by atomic mass is 79.9. The minimum Gasteiger partial charge on any atom is -0.397 e. The van der Waals surface area contributed by atoms with Crippen LogP contribution in [0.2, 0.25) is 0 Å². The van der Waals surface area contributed by atoms with Crippen molar-refractivity contribution in [3.63, 3.8) is 0 Å². The summed E-state index contributed by atoms with van der Waals surface area (Å²) in [6, 6.07) is 7.55. The van der Waals surface area contributed by atoms with Gasteiger partial charge in [0.2, 0.25) is 0 Å². The number of rotatable bonds is 1. The third-order valence-corrected chi connectivity index (χ3v) is 1.88. The molecular formula is C6H6Br2N2. The Labute approximate surface area is 76.7 Å². The van der Waals surface area contributed by atoms with E-state index in [2.05, 4.69) is 32.3 Å². The molecule has 10 heavy (non-hydrogen) atoms. The average molecular weight is 266 g/mol. The fraction of sp³-hybridized carbons (Fsp3) is 0. The molecule has 2 N–H and O–H groups in total. The van der Waals surface area contributed by atoms with E-state index >= 15 is 0 Å². The highest BCUT2D eigenvalue weighted by Gasteiger charge is 2.00. The lowest BCUT2D eigenvalue weighted by Gasteiger charge is -2.08. The molecule has 1 aromatic carbocycles. The SMILES string of the molecule is Nc1ccccc1N(Br)Br. The van der Waals surface area contributed by atoms with Gasteiger partial charge in [0.15, 0.2) is 0 Å². The van der Waals surface area contributed by atoms with E-state index in [1.165, 1.54) is 0 Å². The number of para-hydroxylation sites is 2. The molecule has 0 atom stereocenters. The summed E-state index contributed by atoms with van der Waals surface area (Å²) in [6.45, 7) is 0. The van der Waals surface area contributed by atoms with Crippen molar-refractivity contribution in [2.75, 3.05) is 8.69 Å². The van der Waals surface area contributed by atoms with E-state index < -0.39 is 0 Å². The summed E-state index contributed by atoms with van der Waals surface area (Å²) < 4.78 is 1.62. The van der Waals surface area contributed by atoms with Gasteiger partial charge in [0.1, 0.15) is 0 Å². The van der Waals surface area contributed by atoms with Crippen molar-refractivity contribution in [2.24, 2.45) is 0 Å². The molecule has 0 aliphatic heterocycles. The van der Waals surface area contributed by atoms with Crippen LogP contribution in [0.15, 0.2) is 24.3 Å². The highest BCUT2D eigenvalue weighted by Crippen LogP contribution is 2.27. The van der Waals surface area contributed by atoms with Crippen molar-refractivity contribution < 1.29 is 0 Å². The van der Waals surface area contributed by atoms with Crippen LogP contribution < -0.4 is 8.69 Å². The minimum atomic E-state index is 0.733. The van der Waals surface area contributed by atoms with Crippen molar-refractivity contribution in [3.8, 4) is 0 Å². The van der Waals surface area contributed by atoms with Gasteiger partial charge in [-0.1, -0.05) is 12.1 Å². The number of nitrogens with zero attached hydrogens (tertiary/aromatic N) is 1. The van der Waals surface area contributed by atoms with Gasteiger partial charge in [0.25, 0.3) is 0 Å². The van der Waals surface area contributed by atoms with Gasteiger partial charge in [-0.25, -0.2) is 2.95 Å². The van der Waals surface area contributed by atoms with Crippen LogP contribution in [0.5, 0.6) is 0 Å².